The standard InChI is InChI=1S/C12H11F3N4O/c1-20-5-10-18-8(16)4-9(19-10)17-7-3-2-6(13)11(14)12(7)15/h2-4H,5H2,1H3,(H3,16,17,18,19). The van der Waals surface area contributed by atoms with Gasteiger partial charge < -0.3 is 15.8 Å². The number of hydrogen-bond acceptors (Lipinski definition) is 5. The molecule has 8 heteroatoms. The maximum absolute atomic E-state index is 13.5. The number of nitrogen functional groups attached to an aromatic ring is 1. The number of rotatable bonds is 4. The Morgan fingerprint density at radius 2 is 1.95 bits per heavy atom. The molecule has 0 bridgehead atoms. The highest BCUT2D eigenvalue weighted by Crippen LogP contribution is 2.23. The molecule has 0 atom stereocenters. The second kappa shape index (κ2) is 5.74. The van der Waals surface area contributed by atoms with Gasteiger partial charge in [-0.2, -0.15) is 0 Å². The van der Waals surface area contributed by atoms with Crippen molar-refractivity contribution in [2.45, 2.75) is 6.61 Å². The SMILES string of the molecule is COCc1nc(N)cc(Nc2ccc(F)c(F)c2F)n1. The van der Waals surface area contributed by atoms with E-state index in [4.69, 9.17) is 10.5 Å². The van der Waals surface area contributed by atoms with Crippen molar-refractivity contribution >= 4 is 17.3 Å². The minimum atomic E-state index is -1.56. The minimum absolute atomic E-state index is 0.111. The molecule has 2 rings (SSSR count). The number of nitrogens with zero attached hydrogens (tertiary/aromatic N) is 2. The fourth-order valence-corrected chi connectivity index (χ4v) is 1.54. The van der Waals surface area contributed by atoms with Gasteiger partial charge in [-0.05, 0) is 12.1 Å². The Morgan fingerprint density at radius 3 is 2.65 bits per heavy atom. The quantitative estimate of drug-likeness (QED) is 0.843. The highest BCUT2D eigenvalue weighted by Gasteiger charge is 2.14. The molecule has 0 aliphatic rings. The van der Waals surface area contributed by atoms with Crippen molar-refractivity contribution in [1.29, 1.82) is 0 Å². The summed E-state index contributed by atoms with van der Waals surface area (Å²) >= 11 is 0. The first kappa shape index (κ1) is 14.1. The summed E-state index contributed by atoms with van der Waals surface area (Å²) in [5, 5.41) is 2.51. The zero-order valence-corrected chi connectivity index (χ0v) is 10.5. The van der Waals surface area contributed by atoms with E-state index in [0.29, 0.717) is 0 Å². The molecule has 0 unspecified atom stereocenters. The van der Waals surface area contributed by atoms with Crippen molar-refractivity contribution in [3.05, 3.63) is 41.5 Å². The van der Waals surface area contributed by atoms with E-state index >= 15 is 0 Å². The van der Waals surface area contributed by atoms with Crippen molar-refractivity contribution in [3.8, 4) is 0 Å². The van der Waals surface area contributed by atoms with Crippen molar-refractivity contribution < 1.29 is 17.9 Å². The Balaban J connectivity index is 2.32. The molecule has 0 saturated heterocycles. The Morgan fingerprint density at radius 1 is 1.20 bits per heavy atom. The third-order valence-corrected chi connectivity index (χ3v) is 2.36. The van der Waals surface area contributed by atoms with Gasteiger partial charge in [0.15, 0.2) is 23.3 Å². The summed E-state index contributed by atoms with van der Waals surface area (Å²) in [6, 6.07) is 3.20. The van der Waals surface area contributed by atoms with Crippen molar-refractivity contribution in [2.24, 2.45) is 0 Å². The fraction of sp³-hybridized carbons (Fsp3) is 0.167. The first-order valence-electron chi connectivity index (χ1n) is 5.54. The van der Waals surface area contributed by atoms with Gasteiger partial charge in [0, 0.05) is 13.2 Å². The van der Waals surface area contributed by atoms with E-state index in [-0.39, 0.29) is 29.8 Å². The molecule has 0 aliphatic heterocycles. The van der Waals surface area contributed by atoms with Gasteiger partial charge in [-0.15, -0.1) is 0 Å². The lowest BCUT2D eigenvalue weighted by atomic mass is 10.2. The van der Waals surface area contributed by atoms with E-state index in [9.17, 15) is 13.2 Å². The first-order chi connectivity index (χ1) is 9.51. The van der Waals surface area contributed by atoms with E-state index in [1.165, 1.54) is 13.2 Å². The van der Waals surface area contributed by atoms with Crippen LogP contribution in [0.15, 0.2) is 18.2 Å². The lowest BCUT2D eigenvalue weighted by molar-refractivity contribution is 0.178. The molecular weight excluding hydrogens is 273 g/mol. The number of hydrogen-bond donors (Lipinski definition) is 2. The van der Waals surface area contributed by atoms with Gasteiger partial charge in [0.1, 0.15) is 18.2 Å². The fourth-order valence-electron chi connectivity index (χ4n) is 1.54. The molecule has 0 spiro atoms. The van der Waals surface area contributed by atoms with Crippen LogP contribution in [0.5, 0.6) is 0 Å². The summed E-state index contributed by atoms with van der Waals surface area (Å²) in [6.07, 6.45) is 0. The van der Waals surface area contributed by atoms with E-state index < -0.39 is 17.5 Å². The van der Waals surface area contributed by atoms with Gasteiger partial charge in [-0.3, -0.25) is 0 Å². The van der Waals surface area contributed by atoms with Crippen LogP contribution in [-0.2, 0) is 11.3 Å². The van der Waals surface area contributed by atoms with Crippen LogP contribution in [0.2, 0.25) is 0 Å². The topological polar surface area (TPSA) is 73.1 Å². The number of anilines is 3. The Bertz CT molecular complexity index is 636. The average Bonchev–Trinajstić information content (AvgIpc) is 2.39. The summed E-state index contributed by atoms with van der Waals surface area (Å²) in [5.41, 5.74) is 5.30. The van der Waals surface area contributed by atoms with Gasteiger partial charge >= 0.3 is 0 Å². The summed E-state index contributed by atoms with van der Waals surface area (Å²) in [6.45, 7) is 0.111. The van der Waals surface area contributed by atoms with Gasteiger partial charge in [0.25, 0.3) is 0 Å². The van der Waals surface area contributed by atoms with E-state index in [0.717, 1.165) is 12.1 Å². The third kappa shape index (κ3) is 2.97. The largest absolute Gasteiger partial charge is 0.384 e. The summed E-state index contributed by atoms with van der Waals surface area (Å²) in [7, 11) is 1.45. The molecule has 20 heavy (non-hydrogen) atoms. The molecule has 1 aromatic heterocycles. The van der Waals surface area contributed by atoms with E-state index in [2.05, 4.69) is 15.3 Å². The lowest BCUT2D eigenvalue weighted by Gasteiger charge is -2.09. The van der Waals surface area contributed by atoms with Gasteiger partial charge in [0.2, 0.25) is 0 Å². The van der Waals surface area contributed by atoms with Crippen LogP contribution in [0.25, 0.3) is 0 Å². The molecule has 0 aliphatic carbocycles. The van der Waals surface area contributed by atoms with Crippen LogP contribution in [0.3, 0.4) is 0 Å². The normalized spacial score (nSPS) is 10.6. The molecule has 1 aromatic carbocycles. The summed E-state index contributed by atoms with van der Waals surface area (Å²) in [4.78, 5) is 7.89. The number of benzene rings is 1. The number of methoxy groups -OCH3 is 1. The second-order valence-electron chi connectivity index (χ2n) is 3.88. The summed E-state index contributed by atoms with van der Waals surface area (Å²) in [5.74, 6) is -3.61. The second-order valence-corrected chi connectivity index (χ2v) is 3.88. The van der Waals surface area contributed by atoms with Crippen LogP contribution < -0.4 is 11.1 Å². The lowest BCUT2D eigenvalue weighted by Crippen LogP contribution is -2.06. The van der Waals surface area contributed by atoms with Crippen molar-refractivity contribution in [2.75, 3.05) is 18.2 Å². The zero-order valence-electron chi connectivity index (χ0n) is 10.5. The van der Waals surface area contributed by atoms with Crippen LogP contribution in [0.1, 0.15) is 5.82 Å². The molecule has 3 N–H and O–H groups in total. The smallest absolute Gasteiger partial charge is 0.196 e. The van der Waals surface area contributed by atoms with Gasteiger partial charge in [-0.25, -0.2) is 23.1 Å². The average molecular weight is 284 g/mol. The van der Waals surface area contributed by atoms with Crippen LogP contribution in [0.4, 0.5) is 30.5 Å². The molecule has 1 heterocycles. The molecular formula is C12H11F3N4O. The number of aromatic nitrogens is 2. The number of nitrogens with one attached hydrogen (secondary N) is 1. The Hall–Kier alpha value is -2.35. The highest BCUT2D eigenvalue weighted by atomic mass is 19.2. The maximum Gasteiger partial charge on any atom is 0.196 e. The van der Waals surface area contributed by atoms with Gasteiger partial charge in [0.05, 0.1) is 5.69 Å². The van der Waals surface area contributed by atoms with E-state index in [1.54, 1.807) is 0 Å². The predicted octanol–water partition coefficient (Wildman–Crippen LogP) is 2.37. The van der Waals surface area contributed by atoms with Crippen LogP contribution in [-0.4, -0.2) is 17.1 Å². The molecule has 5 nitrogen and oxygen atoms in total. The zero-order chi connectivity index (χ0) is 14.7. The minimum Gasteiger partial charge on any atom is -0.384 e. The molecule has 2 aromatic rings. The summed E-state index contributed by atoms with van der Waals surface area (Å²) < 4.78 is 44.3. The van der Waals surface area contributed by atoms with E-state index in [1.807, 2.05) is 0 Å². The molecule has 0 fully saturated rings. The van der Waals surface area contributed by atoms with Crippen molar-refractivity contribution in [3.63, 3.8) is 0 Å². The first-order valence-corrected chi connectivity index (χ1v) is 5.54. The molecule has 0 radical (unpaired) electrons. The maximum atomic E-state index is 13.5. The molecule has 106 valence electrons. The van der Waals surface area contributed by atoms with Gasteiger partial charge in [-0.1, -0.05) is 0 Å². The Kier molecular flexibility index (Phi) is 4.04. The van der Waals surface area contributed by atoms with Crippen LogP contribution in [0, 0.1) is 17.5 Å². The third-order valence-electron chi connectivity index (χ3n) is 2.36. The Labute approximate surface area is 112 Å². The number of halogens is 3. The van der Waals surface area contributed by atoms with Crippen molar-refractivity contribution in [1.82, 2.24) is 9.97 Å². The number of nitrogens with two attached hydrogens (primary N) is 1. The molecule has 0 amide bonds. The molecule has 0 saturated carbocycles. The highest BCUT2D eigenvalue weighted by molar-refractivity contribution is 5.59. The number of ether oxygens (including phenoxy) is 1. The monoisotopic (exact) mass is 284 g/mol. The van der Waals surface area contributed by atoms with Crippen LogP contribution >= 0.6 is 0 Å². The predicted molar refractivity (Wildman–Crippen MR) is 66.8 cm³/mol.